The molecule has 1 saturated heterocycles. The third-order valence-corrected chi connectivity index (χ3v) is 5.28. The van der Waals surface area contributed by atoms with Gasteiger partial charge in [-0.2, -0.15) is 0 Å². The first-order valence-corrected chi connectivity index (χ1v) is 11.0. The van der Waals surface area contributed by atoms with Gasteiger partial charge in [0.25, 0.3) is 0 Å². The minimum Gasteiger partial charge on any atom is -0.464 e. The standard InChI is InChI=1S/C23H35N3O4/c1-3-4-5-9-13-19-22(28)25-20(16-18-11-7-6-8-12-18)23(29)26(2)17-21(27)30-15-10-14-24-19/h6-8,11-12,19-20,24H,3-5,9-10,13-17H2,1-2H3,(H,25,28). The van der Waals surface area contributed by atoms with Gasteiger partial charge in [-0.15, -0.1) is 0 Å². The first kappa shape index (κ1) is 23.9. The number of nitrogens with one attached hydrogen (secondary N) is 2. The van der Waals surface area contributed by atoms with Gasteiger partial charge in [-0.25, -0.2) is 0 Å². The molecule has 0 spiro atoms. The van der Waals surface area contributed by atoms with Gasteiger partial charge in [-0.1, -0.05) is 62.9 Å². The van der Waals surface area contributed by atoms with Crippen molar-refractivity contribution in [1.82, 2.24) is 15.5 Å². The molecule has 2 atom stereocenters. The van der Waals surface area contributed by atoms with Crippen LogP contribution >= 0.6 is 0 Å². The van der Waals surface area contributed by atoms with Gasteiger partial charge in [0.05, 0.1) is 12.6 Å². The van der Waals surface area contributed by atoms with Crippen LogP contribution in [0.25, 0.3) is 0 Å². The smallest absolute Gasteiger partial charge is 0.325 e. The van der Waals surface area contributed by atoms with Crippen LogP contribution < -0.4 is 10.6 Å². The monoisotopic (exact) mass is 417 g/mol. The Morgan fingerprint density at radius 2 is 1.83 bits per heavy atom. The Morgan fingerprint density at radius 1 is 1.07 bits per heavy atom. The predicted octanol–water partition coefficient (Wildman–Crippen LogP) is 2.05. The topological polar surface area (TPSA) is 87.7 Å². The van der Waals surface area contributed by atoms with E-state index in [0.29, 0.717) is 25.8 Å². The molecule has 0 bridgehead atoms. The number of benzene rings is 1. The summed E-state index contributed by atoms with van der Waals surface area (Å²) in [6.07, 6.45) is 6.01. The first-order valence-electron chi connectivity index (χ1n) is 11.0. The van der Waals surface area contributed by atoms with E-state index in [1.54, 1.807) is 7.05 Å². The summed E-state index contributed by atoms with van der Waals surface area (Å²) in [4.78, 5) is 39.4. The van der Waals surface area contributed by atoms with Crippen molar-refractivity contribution in [3.63, 3.8) is 0 Å². The minimum absolute atomic E-state index is 0.131. The third-order valence-electron chi connectivity index (χ3n) is 5.28. The van der Waals surface area contributed by atoms with Crippen LogP contribution in [0.3, 0.4) is 0 Å². The maximum atomic E-state index is 13.1. The molecule has 30 heavy (non-hydrogen) atoms. The number of carbonyl (C=O) groups excluding carboxylic acids is 3. The summed E-state index contributed by atoms with van der Waals surface area (Å²) in [5.41, 5.74) is 0.948. The second-order valence-corrected chi connectivity index (χ2v) is 7.88. The summed E-state index contributed by atoms with van der Waals surface area (Å²) in [5.74, 6) is -0.903. The van der Waals surface area contributed by atoms with Crippen LogP contribution in [0.1, 0.15) is 51.0 Å². The molecule has 1 fully saturated rings. The molecule has 2 rings (SSSR count). The first-order chi connectivity index (χ1) is 14.5. The average molecular weight is 418 g/mol. The van der Waals surface area contributed by atoms with E-state index >= 15 is 0 Å². The number of unbranched alkanes of at least 4 members (excludes halogenated alkanes) is 3. The number of cyclic esters (lactones) is 1. The molecular weight excluding hydrogens is 382 g/mol. The van der Waals surface area contributed by atoms with Crippen LogP contribution in [0.2, 0.25) is 0 Å². The minimum atomic E-state index is -0.738. The van der Waals surface area contributed by atoms with Crippen molar-refractivity contribution in [2.24, 2.45) is 0 Å². The molecule has 1 aromatic carbocycles. The Balaban J connectivity index is 2.16. The van der Waals surface area contributed by atoms with E-state index in [1.165, 1.54) is 4.90 Å². The number of hydrogen-bond acceptors (Lipinski definition) is 5. The fourth-order valence-electron chi connectivity index (χ4n) is 3.54. The predicted molar refractivity (Wildman–Crippen MR) is 116 cm³/mol. The third kappa shape index (κ3) is 8.14. The van der Waals surface area contributed by atoms with E-state index in [1.807, 2.05) is 30.3 Å². The summed E-state index contributed by atoms with van der Waals surface area (Å²) < 4.78 is 5.22. The molecule has 7 heteroatoms. The van der Waals surface area contributed by atoms with Crippen molar-refractivity contribution < 1.29 is 19.1 Å². The van der Waals surface area contributed by atoms with Crippen LogP contribution in [-0.4, -0.2) is 61.5 Å². The van der Waals surface area contributed by atoms with Crippen LogP contribution in [0.4, 0.5) is 0 Å². The summed E-state index contributed by atoms with van der Waals surface area (Å²) in [5, 5.41) is 6.23. The van der Waals surface area contributed by atoms with Crippen molar-refractivity contribution in [2.45, 2.75) is 64.0 Å². The quantitative estimate of drug-likeness (QED) is 0.524. The maximum Gasteiger partial charge on any atom is 0.325 e. The Kier molecular flexibility index (Phi) is 10.3. The summed E-state index contributed by atoms with van der Waals surface area (Å²) in [7, 11) is 1.56. The second kappa shape index (κ2) is 13.0. The number of hydrogen-bond donors (Lipinski definition) is 2. The largest absolute Gasteiger partial charge is 0.464 e. The average Bonchev–Trinajstić information content (AvgIpc) is 2.74. The SMILES string of the molecule is CCCCCCC1NCCCOC(=O)CN(C)C(=O)C(Cc2ccccc2)NC1=O. The molecule has 0 aliphatic carbocycles. The lowest BCUT2D eigenvalue weighted by molar-refractivity contribution is -0.149. The van der Waals surface area contributed by atoms with E-state index in [2.05, 4.69) is 17.6 Å². The van der Waals surface area contributed by atoms with E-state index in [4.69, 9.17) is 4.74 Å². The van der Waals surface area contributed by atoms with E-state index in [-0.39, 0.29) is 31.0 Å². The zero-order valence-electron chi connectivity index (χ0n) is 18.2. The van der Waals surface area contributed by atoms with Crippen LogP contribution in [0, 0.1) is 0 Å². The molecule has 7 nitrogen and oxygen atoms in total. The second-order valence-electron chi connectivity index (χ2n) is 7.88. The van der Waals surface area contributed by atoms with Crippen LogP contribution in [-0.2, 0) is 25.5 Å². The lowest BCUT2D eigenvalue weighted by atomic mass is 10.0. The Bertz CT molecular complexity index is 680. The lowest BCUT2D eigenvalue weighted by Crippen LogP contribution is -2.54. The van der Waals surface area contributed by atoms with Gasteiger partial charge >= 0.3 is 5.97 Å². The highest BCUT2D eigenvalue weighted by molar-refractivity contribution is 5.91. The zero-order chi connectivity index (χ0) is 21.8. The summed E-state index contributed by atoms with van der Waals surface area (Å²) in [6.45, 7) is 2.87. The van der Waals surface area contributed by atoms with Gasteiger partial charge in [-0.3, -0.25) is 14.4 Å². The highest BCUT2D eigenvalue weighted by atomic mass is 16.5. The number of carbonyl (C=O) groups is 3. The maximum absolute atomic E-state index is 13.1. The molecule has 2 N–H and O–H groups in total. The molecule has 0 aromatic heterocycles. The summed E-state index contributed by atoms with van der Waals surface area (Å²) in [6, 6.07) is 8.46. The van der Waals surface area contributed by atoms with Gasteiger partial charge in [0.2, 0.25) is 11.8 Å². The molecule has 1 aliphatic heterocycles. The molecule has 166 valence electrons. The fourth-order valence-corrected chi connectivity index (χ4v) is 3.54. The molecule has 1 heterocycles. The lowest BCUT2D eigenvalue weighted by Gasteiger charge is -2.26. The molecule has 1 aliphatic rings. The molecule has 2 amide bonds. The van der Waals surface area contributed by atoms with Gasteiger partial charge in [0, 0.05) is 13.5 Å². The van der Waals surface area contributed by atoms with E-state index in [9.17, 15) is 14.4 Å². The number of esters is 1. The van der Waals surface area contributed by atoms with Crippen LogP contribution in [0.15, 0.2) is 30.3 Å². The molecular formula is C23H35N3O4. The van der Waals surface area contributed by atoms with Gasteiger partial charge in [0.15, 0.2) is 0 Å². The molecule has 2 unspecified atom stereocenters. The van der Waals surface area contributed by atoms with Gasteiger partial charge in [-0.05, 0) is 24.9 Å². The fraction of sp³-hybridized carbons (Fsp3) is 0.609. The highest BCUT2D eigenvalue weighted by Crippen LogP contribution is 2.10. The molecule has 0 radical (unpaired) electrons. The number of likely N-dealkylation sites (N-methyl/N-ethyl adjacent to an activating group) is 1. The number of rotatable bonds is 7. The summed E-state index contributed by atoms with van der Waals surface area (Å²) >= 11 is 0. The van der Waals surface area contributed by atoms with Crippen molar-refractivity contribution in [2.75, 3.05) is 26.7 Å². The Morgan fingerprint density at radius 3 is 2.57 bits per heavy atom. The van der Waals surface area contributed by atoms with Crippen molar-refractivity contribution >= 4 is 17.8 Å². The normalized spacial score (nSPS) is 21.8. The van der Waals surface area contributed by atoms with Gasteiger partial charge in [0.1, 0.15) is 12.6 Å². The van der Waals surface area contributed by atoms with Crippen molar-refractivity contribution in [3.05, 3.63) is 35.9 Å². The van der Waals surface area contributed by atoms with Gasteiger partial charge < -0.3 is 20.3 Å². The van der Waals surface area contributed by atoms with E-state index in [0.717, 1.165) is 31.2 Å². The van der Waals surface area contributed by atoms with E-state index < -0.39 is 12.0 Å². The number of ether oxygens (including phenoxy) is 1. The zero-order valence-corrected chi connectivity index (χ0v) is 18.2. The Hall–Kier alpha value is -2.41. The van der Waals surface area contributed by atoms with Crippen molar-refractivity contribution in [3.8, 4) is 0 Å². The number of amides is 2. The number of nitrogens with zero attached hydrogens (tertiary/aromatic N) is 1. The Labute approximate surface area is 179 Å². The molecule has 0 saturated carbocycles. The van der Waals surface area contributed by atoms with Crippen LogP contribution in [0.5, 0.6) is 0 Å². The van der Waals surface area contributed by atoms with Crippen molar-refractivity contribution in [1.29, 1.82) is 0 Å². The molecule has 1 aromatic rings. The highest BCUT2D eigenvalue weighted by Gasteiger charge is 2.29.